The van der Waals surface area contributed by atoms with Crippen LogP contribution in [0.1, 0.15) is 12.8 Å². The maximum absolute atomic E-state index is 11.2. The van der Waals surface area contributed by atoms with Gasteiger partial charge < -0.3 is 16.4 Å². The minimum atomic E-state index is 0.127. The van der Waals surface area contributed by atoms with Crippen molar-refractivity contribution in [2.24, 2.45) is 0 Å². The molecule has 1 saturated heterocycles. The second-order valence-corrected chi connectivity index (χ2v) is 4.79. The molecular weight excluding hydrogens is 240 g/mol. The lowest BCUT2D eigenvalue weighted by molar-refractivity contribution is -0.122. The Labute approximate surface area is 111 Å². The van der Waals surface area contributed by atoms with E-state index in [1.54, 1.807) is 6.20 Å². The van der Waals surface area contributed by atoms with Crippen LogP contribution in [0.15, 0.2) is 30.5 Å². The number of carbonyl (C=O) groups excluding carboxylic acids is 1. The maximum atomic E-state index is 11.2. The molecule has 1 atom stereocenters. The zero-order chi connectivity index (χ0) is 13.2. The number of nitrogens with one attached hydrogen (secondary N) is 2. The van der Waals surface area contributed by atoms with Gasteiger partial charge in [-0.3, -0.25) is 9.78 Å². The first-order chi connectivity index (χ1) is 9.24. The van der Waals surface area contributed by atoms with Crippen molar-refractivity contribution in [1.82, 2.24) is 10.3 Å². The Hall–Kier alpha value is -2.30. The van der Waals surface area contributed by atoms with Crippen LogP contribution in [-0.4, -0.2) is 23.5 Å². The molecule has 0 aliphatic carbocycles. The molecule has 4 N–H and O–H groups in total. The molecule has 1 aromatic heterocycles. The van der Waals surface area contributed by atoms with Gasteiger partial charge in [-0.25, -0.2) is 0 Å². The molecule has 2 aromatic rings. The molecular formula is C14H16N4O. The van der Waals surface area contributed by atoms with Crippen LogP contribution in [-0.2, 0) is 4.79 Å². The van der Waals surface area contributed by atoms with E-state index in [1.165, 1.54) is 0 Å². The number of piperidine rings is 1. The first-order valence-corrected chi connectivity index (χ1v) is 6.40. The van der Waals surface area contributed by atoms with Crippen LogP contribution >= 0.6 is 0 Å². The number of amides is 1. The molecule has 5 nitrogen and oxygen atoms in total. The molecule has 1 aliphatic heterocycles. The zero-order valence-electron chi connectivity index (χ0n) is 10.5. The summed E-state index contributed by atoms with van der Waals surface area (Å²) in [5.41, 5.74) is 8.43. The van der Waals surface area contributed by atoms with Crippen LogP contribution in [0.4, 0.5) is 11.4 Å². The average molecular weight is 256 g/mol. The summed E-state index contributed by atoms with van der Waals surface area (Å²) in [5.74, 6) is 0.127. The molecule has 98 valence electrons. The number of para-hydroxylation sites is 1. The summed E-state index contributed by atoms with van der Waals surface area (Å²) in [4.78, 5) is 15.5. The fraction of sp³-hybridized carbons (Fsp3) is 0.286. The van der Waals surface area contributed by atoms with E-state index in [0.29, 0.717) is 18.7 Å². The van der Waals surface area contributed by atoms with E-state index in [4.69, 9.17) is 5.73 Å². The van der Waals surface area contributed by atoms with E-state index < -0.39 is 0 Å². The summed E-state index contributed by atoms with van der Waals surface area (Å²) in [6, 6.07) is 7.97. The van der Waals surface area contributed by atoms with Crippen LogP contribution in [0.2, 0.25) is 0 Å². The van der Waals surface area contributed by atoms with Crippen molar-refractivity contribution < 1.29 is 4.79 Å². The average Bonchev–Trinajstić information content (AvgIpc) is 2.43. The Kier molecular flexibility index (Phi) is 2.95. The molecule has 0 radical (unpaired) electrons. The number of nitrogens with two attached hydrogens (primary N) is 1. The summed E-state index contributed by atoms with van der Waals surface area (Å²) >= 11 is 0. The number of pyridine rings is 1. The topological polar surface area (TPSA) is 80.0 Å². The van der Waals surface area contributed by atoms with Gasteiger partial charge in [0, 0.05) is 36.3 Å². The monoisotopic (exact) mass is 256 g/mol. The minimum Gasteiger partial charge on any atom is -0.397 e. The molecule has 5 heteroatoms. The van der Waals surface area contributed by atoms with E-state index in [1.807, 2.05) is 24.3 Å². The second kappa shape index (κ2) is 4.76. The van der Waals surface area contributed by atoms with Crippen molar-refractivity contribution in [2.45, 2.75) is 18.9 Å². The first-order valence-electron chi connectivity index (χ1n) is 6.40. The number of anilines is 2. The molecule has 1 aliphatic rings. The van der Waals surface area contributed by atoms with Crippen molar-refractivity contribution in [3.63, 3.8) is 0 Å². The lowest BCUT2D eigenvalue weighted by Crippen LogP contribution is -2.41. The summed E-state index contributed by atoms with van der Waals surface area (Å²) in [6.07, 6.45) is 3.17. The highest BCUT2D eigenvalue weighted by molar-refractivity contribution is 5.97. The predicted molar refractivity (Wildman–Crippen MR) is 75.8 cm³/mol. The van der Waals surface area contributed by atoms with Gasteiger partial charge in [-0.15, -0.1) is 0 Å². The van der Waals surface area contributed by atoms with Crippen molar-refractivity contribution in [1.29, 1.82) is 0 Å². The van der Waals surface area contributed by atoms with E-state index in [-0.39, 0.29) is 11.9 Å². The van der Waals surface area contributed by atoms with E-state index in [2.05, 4.69) is 15.6 Å². The molecule has 1 fully saturated rings. The SMILES string of the molecule is Nc1cccc2c(NC3CCC(=O)NC3)ccnc12. The fourth-order valence-electron chi connectivity index (χ4n) is 2.40. The molecule has 3 rings (SSSR count). The summed E-state index contributed by atoms with van der Waals surface area (Å²) in [6.45, 7) is 0.658. The predicted octanol–water partition coefficient (Wildman–Crippen LogP) is 1.51. The van der Waals surface area contributed by atoms with Crippen LogP contribution < -0.4 is 16.4 Å². The third kappa shape index (κ3) is 2.31. The number of hydrogen-bond donors (Lipinski definition) is 3. The Morgan fingerprint density at radius 2 is 2.26 bits per heavy atom. The number of rotatable bonds is 2. The van der Waals surface area contributed by atoms with Gasteiger partial charge in [0.25, 0.3) is 0 Å². The second-order valence-electron chi connectivity index (χ2n) is 4.79. The van der Waals surface area contributed by atoms with Gasteiger partial charge in [-0.2, -0.15) is 0 Å². The maximum Gasteiger partial charge on any atom is 0.220 e. The molecule has 1 amide bonds. The zero-order valence-corrected chi connectivity index (χ0v) is 10.5. The molecule has 2 heterocycles. The number of carbonyl (C=O) groups is 1. The number of fused-ring (bicyclic) bond motifs is 1. The Bertz CT molecular complexity index is 616. The molecule has 1 aromatic carbocycles. The lowest BCUT2D eigenvalue weighted by atomic mass is 10.1. The number of nitrogens with zero attached hydrogens (tertiary/aromatic N) is 1. The third-order valence-electron chi connectivity index (χ3n) is 3.43. The van der Waals surface area contributed by atoms with Crippen LogP contribution in [0.25, 0.3) is 10.9 Å². The largest absolute Gasteiger partial charge is 0.397 e. The third-order valence-corrected chi connectivity index (χ3v) is 3.43. The smallest absolute Gasteiger partial charge is 0.220 e. The number of benzene rings is 1. The van der Waals surface area contributed by atoms with Crippen LogP contribution in [0.5, 0.6) is 0 Å². The van der Waals surface area contributed by atoms with Gasteiger partial charge in [-0.05, 0) is 18.6 Å². The van der Waals surface area contributed by atoms with Crippen LogP contribution in [0, 0.1) is 0 Å². The van der Waals surface area contributed by atoms with E-state index >= 15 is 0 Å². The Balaban J connectivity index is 1.89. The Morgan fingerprint density at radius 1 is 1.37 bits per heavy atom. The lowest BCUT2D eigenvalue weighted by Gasteiger charge is -2.25. The quantitative estimate of drug-likeness (QED) is 0.711. The van der Waals surface area contributed by atoms with Crippen molar-refractivity contribution in [3.8, 4) is 0 Å². The molecule has 0 bridgehead atoms. The summed E-state index contributed by atoms with van der Waals surface area (Å²) < 4.78 is 0. The highest BCUT2D eigenvalue weighted by Gasteiger charge is 2.18. The Morgan fingerprint density at radius 3 is 3.05 bits per heavy atom. The highest BCUT2D eigenvalue weighted by atomic mass is 16.1. The van der Waals surface area contributed by atoms with Gasteiger partial charge in [0.15, 0.2) is 0 Å². The summed E-state index contributed by atoms with van der Waals surface area (Å²) in [5, 5.41) is 7.34. The number of nitrogen functional groups attached to an aromatic ring is 1. The van der Waals surface area contributed by atoms with Gasteiger partial charge >= 0.3 is 0 Å². The summed E-state index contributed by atoms with van der Waals surface area (Å²) in [7, 11) is 0. The number of aromatic nitrogens is 1. The number of hydrogen-bond acceptors (Lipinski definition) is 4. The van der Waals surface area contributed by atoms with E-state index in [9.17, 15) is 4.79 Å². The molecule has 0 saturated carbocycles. The molecule has 19 heavy (non-hydrogen) atoms. The van der Waals surface area contributed by atoms with Crippen LogP contribution in [0.3, 0.4) is 0 Å². The van der Waals surface area contributed by atoms with E-state index in [0.717, 1.165) is 23.0 Å². The molecule has 1 unspecified atom stereocenters. The van der Waals surface area contributed by atoms with Crippen molar-refractivity contribution >= 4 is 28.2 Å². The minimum absolute atomic E-state index is 0.127. The standard InChI is InChI=1S/C14H16N4O/c15-11-3-1-2-10-12(6-7-16-14(10)11)18-9-4-5-13(19)17-8-9/h1-3,6-7,9H,4-5,8,15H2,(H,16,18)(H,17,19). The van der Waals surface area contributed by atoms with Gasteiger partial charge in [-0.1, -0.05) is 12.1 Å². The first kappa shape index (κ1) is 11.8. The highest BCUT2D eigenvalue weighted by Crippen LogP contribution is 2.26. The molecule has 0 spiro atoms. The van der Waals surface area contributed by atoms with Gasteiger partial charge in [0.05, 0.1) is 11.2 Å². The fourth-order valence-corrected chi connectivity index (χ4v) is 2.40. The van der Waals surface area contributed by atoms with Gasteiger partial charge in [0.2, 0.25) is 5.91 Å². The normalized spacial score (nSPS) is 19.2. The van der Waals surface area contributed by atoms with Gasteiger partial charge in [0.1, 0.15) is 0 Å². The van der Waals surface area contributed by atoms with Crippen molar-refractivity contribution in [3.05, 3.63) is 30.5 Å². The van der Waals surface area contributed by atoms with Crippen molar-refractivity contribution in [2.75, 3.05) is 17.6 Å².